The minimum atomic E-state index is -3.92. The van der Waals surface area contributed by atoms with Crippen molar-refractivity contribution in [1.82, 2.24) is 4.72 Å². The fourth-order valence-electron chi connectivity index (χ4n) is 2.77. The van der Waals surface area contributed by atoms with Gasteiger partial charge in [-0.05, 0) is 30.7 Å². The van der Waals surface area contributed by atoms with Gasteiger partial charge in [-0.25, -0.2) is 17.5 Å². The Kier molecular flexibility index (Phi) is 5.08. The molecule has 0 bridgehead atoms. The molecule has 8 heteroatoms. The van der Waals surface area contributed by atoms with E-state index in [-0.39, 0.29) is 16.5 Å². The first-order valence-electron chi connectivity index (χ1n) is 7.67. The SMILES string of the molecule is O=C1[C@H](NS(=O)(=O)Cc2c(F)cccc2Cl)CCN1c1ccccc1. The maximum Gasteiger partial charge on any atom is 0.245 e. The van der Waals surface area contributed by atoms with E-state index in [2.05, 4.69) is 4.72 Å². The molecule has 1 heterocycles. The molecule has 0 radical (unpaired) electrons. The van der Waals surface area contributed by atoms with Gasteiger partial charge in [0.2, 0.25) is 15.9 Å². The molecule has 25 heavy (non-hydrogen) atoms. The number of nitrogens with one attached hydrogen (secondary N) is 1. The highest BCUT2D eigenvalue weighted by molar-refractivity contribution is 7.88. The fourth-order valence-corrected chi connectivity index (χ4v) is 4.49. The van der Waals surface area contributed by atoms with Crippen LogP contribution in [0, 0.1) is 5.82 Å². The summed E-state index contributed by atoms with van der Waals surface area (Å²) in [5.74, 6) is -1.64. The van der Waals surface area contributed by atoms with E-state index < -0.39 is 27.6 Å². The molecule has 5 nitrogen and oxygen atoms in total. The number of sulfonamides is 1. The van der Waals surface area contributed by atoms with Crippen LogP contribution in [0.25, 0.3) is 0 Å². The number of halogens is 2. The number of hydrogen-bond donors (Lipinski definition) is 1. The third kappa shape index (κ3) is 4.00. The third-order valence-corrected chi connectivity index (χ3v) is 5.66. The van der Waals surface area contributed by atoms with Crippen molar-refractivity contribution < 1.29 is 17.6 Å². The average Bonchev–Trinajstić information content (AvgIpc) is 2.92. The zero-order chi connectivity index (χ0) is 18.0. The zero-order valence-electron chi connectivity index (χ0n) is 13.2. The van der Waals surface area contributed by atoms with Crippen molar-refractivity contribution in [2.75, 3.05) is 11.4 Å². The van der Waals surface area contributed by atoms with Gasteiger partial charge in [-0.15, -0.1) is 0 Å². The van der Waals surface area contributed by atoms with Crippen LogP contribution >= 0.6 is 11.6 Å². The summed E-state index contributed by atoms with van der Waals surface area (Å²) < 4.78 is 40.8. The average molecular weight is 383 g/mol. The third-order valence-electron chi connectivity index (χ3n) is 3.99. The van der Waals surface area contributed by atoms with Crippen LogP contribution in [0.3, 0.4) is 0 Å². The van der Waals surface area contributed by atoms with Gasteiger partial charge >= 0.3 is 0 Å². The van der Waals surface area contributed by atoms with Crippen LogP contribution in [0.4, 0.5) is 10.1 Å². The summed E-state index contributed by atoms with van der Waals surface area (Å²) in [7, 11) is -3.92. The summed E-state index contributed by atoms with van der Waals surface area (Å²) >= 11 is 5.88. The molecule has 0 aliphatic carbocycles. The molecule has 1 aliphatic heterocycles. The minimum Gasteiger partial charge on any atom is -0.311 e. The summed E-state index contributed by atoms with van der Waals surface area (Å²) in [4.78, 5) is 14.0. The van der Waals surface area contributed by atoms with E-state index in [0.717, 1.165) is 6.07 Å². The first-order valence-corrected chi connectivity index (χ1v) is 9.70. The Morgan fingerprint density at radius 1 is 1.16 bits per heavy atom. The summed E-state index contributed by atoms with van der Waals surface area (Å²) in [5, 5.41) is 0.0361. The van der Waals surface area contributed by atoms with Gasteiger partial charge in [0.05, 0.1) is 5.75 Å². The molecule has 0 unspecified atom stereocenters. The maximum atomic E-state index is 13.8. The standard InChI is InChI=1S/C17H16ClFN2O3S/c18-14-7-4-8-15(19)13(14)11-25(23,24)20-16-9-10-21(17(16)22)12-5-2-1-3-6-12/h1-8,16,20H,9-11H2/t16-/m1/s1. The Morgan fingerprint density at radius 3 is 2.56 bits per heavy atom. The van der Waals surface area contributed by atoms with E-state index in [0.29, 0.717) is 18.7 Å². The largest absolute Gasteiger partial charge is 0.311 e. The van der Waals surface area contributed by atoms with E-state index in [1.165, 1.54) is 17.0 Å². The van der Waals surface area contributed by atoms with E-state index in [4.69, 9.17) is 11.6 Å². The number of hydrogen-bond acceptors (Lipinski definition) is 3. The second-order valence-electron chi connectivity index (χ2n) is 5.74. The lowest BCUT2D eigenvalue weighted by molar-refractivity contribution is -0.118. The van der Waals surface area contributed by atoms with Gasteiger partial charge in [-0.3, -0.25) is 4.79 Å². The van der Waals surface area contributed by atoms with Crippen molar-refractivity contribution in [3.8, 4) is 0 Å². The molecular formula is C17H16ClFN2O3S. The van der Waals surface area contributed by atoms with Gasteiger partial charge < -0.3 is 4.90 Å². The predicted molar refractivity (Wildman–Crippen MR) is 94.4 cm³/mol. The van der Waals surface area contributed by atoms with Crippen LogP contribution in [0.2, 0.25) is 5.02 Å². The molecule has 1 N–H and O–H groups in total. The fraction of sp³-hybridized carbons (Fsp3) is 0.235. The monoisotopic (exact) mass is 382 g/mol. The van der Waals surface area contributed by atoms with Gasteiger partial charge in [0.15, 0.2) is 0 Å². The Bertz CT molecular complexity index is 870. The second kappa shape index (κ2) is 7.11. The van der Waals surface area contributed by atoms with E-state index in [9.17, 15) is 17.6 Å². The molecule has 3 rings (SSSR count). The molecule has 0 spiro atoms. The highest BCUT2D eigenvalue weighted by Gasteiger charge is 2.35. The summed E-state index contributed by atoms with van der Waals surface area (Å²) in [6, 6.07) is 12.1. The van der Waals surface area contributed by atoms with Gasteiger partial charge in [0.1, 0.15) is 11.9 Å². The quantitative estimate of drug-likeness (QED) is 0.864. The van der Waals surface area contributed by atoms with Crippen molar-refractivity contribution in [2.24, 2.45) is 0 Å². The molecule has 1 fully saturated rings. The topological polar surface area (TPSA) is 66.5 Å². The number of amides is 1. The lowest BCUT2D eigenvalue weighted by Gasteiger charge is -2.17. The number of benzene rings is 2. The second-order valence-corrected chi connectivity index (χ2v) is 7.90. The van der Waals surface area contributed by atoms with Gasteiger partial charge in [0, 0.05) is 22.8 Å². The number of nitrogens with zero attached hydrogens (tertiary/aromatic N) is 1. The summed E-state index contributed by atoms with van der Waals surface area (Å²) in [6.45, 7) is 0.413. The molecule has 0 saturated carbocycles. The van der Waals surface area contributed by atoms with Crippen LogP contribution in [0.15, 0.2) is 48.5 Å². The lowest BCUT2D eigenvalue weighted by atomic mass is 10.2. The van der Waals surface area contributed by atoms with Crippen LogP contribution in [0.1, 0.15) is 12.0 Å². The Morgan fingerprint density at radius 2 is 1.88 bits per heavy atom. The van der Waals surface area contributed by atoms with Crippen LogP contribution in [0.5, 0.6) is 0 Å². The maximum absolute atomic E-state index is 13.8. The Balaban J connectivity index is 1.73. The van der Waals surface area contributed by atoms with E-state index >= 15 is 0 Å². The molecule has 1 amide bonds. The molecule has 2 aromatic rings. The van der Waals surface area contributed by atoms with Crippen molar-refractivity contribution in [3.63, 3.8) is 0 Å². The van der Waals surface area contributed by atoms with E-state index in [1.807, 2.05) is 6.07 Å². The number of carbonyl (C=O) groups excluding carboxylic acids is 1. The Labute approximate surface area is 150 Å². The van der Waals surface area contributed by atoms with E-state index in [1.54, 1.807) is 24.3 Å². The highest BCUT2D eigenvalue weighted by Crippen LogP contribution is 2.24. The predicted octanol–water partition coefficient (Wildman–Crippen LogP) is 2.70. The normalized spacial score (nSPS) is 17.9. The number of anilines is 1. The lowest BCUT2D eigenvalue weighted by Crippen LogP contribution is -2.42. The first kappa shape index (κ1) is 17.8. The molecule has 1 atom stereocenters. The molecule has 1 saturated heterocycles. The van der Waals surface area contributed by atoms with Crippen molar-refractivity contribution in [3.05, 3.63) is 64.9 Å². The number of carbonyl (C=O) groups is 1. The summed E-state index contributed by atoms with van der Waals surface area (Å²) in [6.07, 6.45) is 0.345. The number of rotatable bonds is 5. The molecule has 132 valence electrons. The van der Waals surface area contributed by atoms with Gasteiger partial charge in [-0.1, -0.05) is 35.9 Å². The van der Waals surface area contributed by atoms with Crippen molar-refractivity contribution in [2.45, 2.75) is 18.2 Å². The minimum absolute atomic E-state index is 0.0361. The molecular weight excluding hydrogens is 367 g/mol. The number of para-hydroxylation sites is 1. The zero-order valence-corrected chi connectivity index (χ0v) is 14.7. The van der Waals surface area contributed by atoms with Crippen molar-refractivity contribution in [1.29, 1.82) is 0 Å². The molecule has 1 aliphatic rings. The molecule has 0 aromatic heterocycles. The van der Waals surface area contributed by atoms with Gasteiger partial charge in [0.25, 0.3) is 0 Å². The Hall–Kier alpha value is -1.96. The van der Waals surface area contributed by atoms with Crippen molar-refractivity contribution >= 4 is 33.2 Å². The van der Waals surface area contributed by atoms with Crippen LogP contribution < -0.4 is 9.62 Å². The first-order chi connectivity index (χ1) is 11.9. The van der Waals surface area contributed by atoms with Crippen LogP contribution in [-0.4, -0.2) is 26.9 Å². The smallest absolute Gasteiger partial charge is 0.245 e. The molecule has 2 aromatic carbocycles. The highest BCUT2D eigenvalue weighted by atomic mass is 35.5. The van der Waals surface area contributed by atoms with Crippen LogP contribution in [-0.2, 0) is 20.6 Å². The summed E-state index contributed by atoms with van der Waals surface area (Å²) in [5.41, 5.74) is 0.605. The van der Waals surface area contributed by atoms with Gasteiger partial charge in [-0.2, -0.15) is 0 Å².